The second kappa shape index (κ2) is 16.5. The summed E-state index contributed by atoms with van der Waals surface area (Å²) in [5, 5.41) is 43.4. The number of likely N-dealkylation sites (N-methyl/N-ethyl adjacent to an activating group) is 1. The molecule has 0 aromatic carbocycles. The summed E-state index contributed by atoms with van der Waals surface area (Å²) in [6.45, 7) is 13.5. The zero-order chi connectivity index (χ0) is 36.1. The second-order valence-corrected chi connectivity index (χ2v) is 14.2. The number of nitrogens with zero attached hydrogens (tertiary/aromatic N) is 3. The lowest BCUT2D eigenvalue weighted by molar-refractivity contribution is -0.295. The van der Waals surface area contributed by atoms with Crippen LogP contribution in [0.1, 0.15) is 80.4 Å². The van der Waals surface area contributed by atoms with Crippen LogP contribution in [0.15, 0.2) is 33.0 Å². The number of aliphatic hydroxyl groups is 3. The van der Waals surface area contributed by atoms with Gasteiger partial charge in [-0.3, -0.25) is 9.59 Å². The molecule has 3 N–H and O–H groups in total. The quantitative estimate of drug-likeness (QED) is 0.167. The molecule has 0 amide bonds. The van der Waals surface area contributed by atoms with Crippen molar-refractivity contribution in [2.45, 2.75) is 129 Å². The normalized spacial score (nSPS) is 41.9. The van der Waals surface area contributed by atoms with Gasteiger partial charge in [-0.1, -0.05) is 27.7 Å². The molecular weight excluding hydrogens is 622 g/mol. The standard InChI is InChI=1S/C35H57N3O10/c1-12-26-35(8,43)30(41)21(4)27(37-36-18-24-14-13-15-45-24)19(2)17-34(7,44-11)31(22(5)28(39)23(6)32(42)47-26)48-33-29(40)25(38(9)10)16-20(3)46-33/h13-15,18-23,25-26,29-31,33,40-41,43H,12,16-17H2,1-11H3. The maximum absolute atomic E-state index is 14.1. The molecule has 13 atom stereocenters. The van der Waals surface area contributed by atoms with Gasteiger partial charge in [0.2, 0.25) is 0 Å². The molecule has 2 aliphatic heterocycles. The molecule has 3 heterocycles. The van der Waals surface area contributed by atoms with Gasteiger partial charge >= 0.3 is 5.97 Å². The number of esters is 1. The summed E-state index contributed by atoms with van der Waals surface area (Å²) >= 11 is 0. The molecule has 2 saturated heterocycles. The van der Waals surface area contributed by atoms with Crippen molar-refractivity contribution in [2.75, 3.05) is 21.2 Å². The van der Waals surface area contributed by atoms with Crippen molar-refractivity contribution < 1.29 is 48.3 Å². The third-order valence-corrected chi connectivity index (χ3v) is 10.2. The average Bonchev–Trinajstić information content (AvgIpc) is 3.56. The average molecular weight is 680 g/mol. The van der Waals surface area contributed by atoms with E-state index in [0.29, 0.717) is 17.9 Å². The van der Waals surface area contributed by atoms with Crippen molar-refractivity contribution in [3.05, 3.63) is 24.2 Å². The minimum atomic E-state index is -1.90. The summed E-state index contributed by atoms with van der Waals surface area (Å²) < 4.78 is 30.0. The Morgan fingerprint density at radius 3 is 2.33 bits per heavy atom. The Kier molecular flexibility index (Phi) is 13.7. The van der Waals surface area contributed by atoms with Crippen LogP contribution in [0.2, 0.25) is 0 Å². The van der Waals surface area contributed by atoms with Crippen molar-refractivity contribution in [3.8, 4) is 0 Å². The minimum absolute atomic E-state index is 0.174. The molecule has 13 unspecified atom stereocenters. The van der Waals surface area contributed by atoms with Gasteiger partial charge < -0.3 is 43.6 Å². The van der Waals surface area contributed by atoms with Crippen molar-refractivity contribution in [1.82, 2.24) is 4.90 Å². The Morgan fingerprint density at radius 1 is 1.10 bits per heavy atom. The van der Waals surface area contributed by atoms with Crippen LogP contribution in [-0.4, -0.2) is 119 Å². The first-order chi connectivity index (χ1) is 22.4. The molecule has 2 fully saturated rings. The molecule has 0 aliphatic carbocycles. The van der Waals surface area contributed by atoms with E-state index in [-0.39, 0.29) is 25.0 Å². The Labute approximate surface area is 284 Å². The topological polar surface area (TPSA) is 173 Å². The molecule has 0 spiro atoms. The first kappa shape index (κ1) is 39.9. The van der Waals surface area contributed by atoms with Gasteiger partial charge in [0.05, 0.1) is 36.4 Å². The van der Waals surface area contributed by atoms with Crippen molar-refractivity contribution in [2.24, 2.45) is 33.9 Å². The number of Topliss-reactive ketones (excluding diaryl/α,β-unsaturated/α-hetero) is 1. The smallest absolute Gasteiger partial charge is 0.316 e. The summed E-state index contributed by atoms with van der Waals surface area (Å²) in [5.41, 5.74) is -2.70. The Balaban J connectivity index is 2.17. The van der Waals surface area contributed by atoms with Crippen LogP contribution >= 0.6 is 0 Å². The highest BCUT2D eigenvalue weighted by Crippen LogP contribution is 2.38. The predicted octanol–water partition coefficient (Wildman–Crippen LogP) is 3.22. The van der Waals surface area contributed by atoms with Gasteiger partial charge in [-0.2, -0.15) is 10.2 Å². The Hall–Kier alpha value is -2.52. The Morgan fingerprint density at radius 2 is 1.77 bits per heavy atom. The Bertz CT molecular complexity index is 1270. The maximum atomic E-state index is 14.1. The first-order valence-electron chi connectivity index (χ1n) is 16.9. The number of ketones is 1. The monoisotopic (exact) mass is 679 g/mol. The number of ether oxygens (including phenoxy) is 4. The number of aliphatic hydroxyl groups excluding tert-OH is 2. The fraction of sp³-hybridized carbons (Fsp3) is 0.771. The van der Waals surface area contributed by atoms with E-state index in [4.69, 9.17) is 23.4 Å². The van der Waals surface area contributed by atoms with Crippen LogP contribution < -0.4 is 0 Å². The number of rotatable bonds is 7. The molecule has 2 aliphatic rings. The van der Waals surface area contributed by atoms with Gasteiger partial charge in [0, 0.05) is 30.7 Å². The maximum Gasteiger partial charge on any atom is 0.316 e. The zero-order valence-corrected chi connectivity index (χ0v) is 30.3. The van der Waals surface area contributed by atoms with Crippen LogP contribution in [-0.2, 0) is 28.5 Å². The van der Waals surface area contributed by atoms with Gasteiger partial charge in [0.25, 0.3) is 0 Å². The fourth-order valence-electron chi connectivity index (χ4n) is 7.15. The lowest BCUT2D eigenvalue weighted by Gasteiger charge is -2.47. The molecule has 48 heavy (non-hydrogen) atoms. The number of cyclic esters (lactones) is 1. The highest BCUT2D eigenvalue weighted by atomic mass is 16.7. The van der Waals surface area contributed by atoms with E-state index < -0.39 is 77.3 Å². The molecular formula is C35H57N3O10. The summed E-state index contributed by atoms with van der Waals surface area (Å²) in [7, 11) is 5.25. The van der Waals surface area contributed by atoms with Crippen molar-refractivity contribution in [3.63, 3.8) is 0 Å². The van der Waals surface area contributed by atoms with E-state index in [1.807, 2.05) is 32.8 Å². The SMILES string of the molecule is CCC1OC(=O)C(C)C(=O)C(C)C(OC2OC(C)CC(N(C)C)C2O)C(C)(OC)CC(C)C(=NN=Cc2ccco2)C(C)C(O)C1(C)O. The van der Waals surface area contributed by atoms with Crippen LogP contribution in [0.5, 0.6) is 0 Å². The van der Waals surface area contributed by atoms with Crippen LogP contribution in [0.3, 0.4) is 0 Å². The predicted molar refractivity (Wildman–Crippen MR) is 180 cm³/mol. The van der Waals surface area contributed by atoms with E-state index in [0.717, 1.165) is 0 Å². The molecule has 1 aromatic heterocycles. The fourth-order valence-corrected chi connectivity index (χ4v) is 7.15. The number of carbonyl (C=O) groups is 2. The zero-order valence-electron chi connectivity index (χ0n) is 30.3. The van der Waals surface area contributed by atoms with Gasteiger partial charge in [-0.15, -0.1) is 0 Å². The van der Waals surface area contributed by atoms with E-state index in [1.54, 1.807) is 39.8 Å². The molecule has 3 rings (SSSR count). The lowest BCUT2D eigenvalue weighted by Crippen LogP contribution is -2.60. The van der Waals surface area contributed by atoms with Crippen molar-refractivity contribution in [1.29, 1.82) is 0 Å². The van der Waals surface area contributed by atoms with E-state index in [9.17, 15) is 24.9 Å². The summed E-state index contributed by atoms with van der Waals surface area (Å²) in [6.07, 6.45) is -2.06. The van der Waals surface area contributed by atoms with E-state index in [2.05, 4.69) is 10.2 Å². The van der Waals surface area contributed by atoms with Gasteiger partial charge in [-0.05, 0) is 79.1 Å². The molecule has 272 valence electrons. The second-order valence-electron chi connectivity index (χ2n) is 14.2. The number of methoxy groups -OCH3 is 1. The molecule has 0 radical (unpaired) electrons. The number of carbonyl (C=O) groups excluding carboxylic acids is 2. The minimum Gasteiger partial charge on any atom is -0.463 e. The molecule has 0 saturated carbocycles. The van der Waals surface area contributed by atoms with Crippen LogP contribution in [0.4, 0.5) is 0 Å². The summed E-state index contributed by atoms with van der Waals surface area (Å²) in [4.78, 5) is 29.4. The van der Waals surface area contributed by atoms with Crippen LogP contribution in [0, 0.1) is 23.7 Å². The first-order valence-corrected chi connectivity index (χ1v) is 16.9. The van der Waals surface area contributed by atoms with Crippen molar-refractivity contribution >= 4 is 23.7 Å². The molecule has 0 bridgehead atoms. The third-order valence-electron chi connectivity index (χ3n) is 10.2. The highest BCUT2D eigenvalue weighted by Gasteiger charge is 2.51. The van der Waals surface area contributed by atoms with Gasteiger partial charge in [0.1, 0.15) is 29.5 Å². The highest BCUT2D eigenvalue weighted by molar-refractivity contribution is 6.00. The van der Waals surface area contributed by atoms with E-state index in [1.165, 1.54) is 33.4 Å². The van der Waals surface area contributed by atoms with Gasteiger partial charge in [-0.25, -0.2) is 0 Å². The molecule has 1 aromatic rings. The summed E-state index contributed by atoms with van der Waals surface area (Å²) in [5.74, 6) is -4.23. The third kappa shape index (κ3) is 8.79. The van der Waals surface area contributed by atoms with Crippen LogP contribution in [0.25, 0.3) is 0 Å². The summed E-state index contributed by atoms with van der Waals surface area (Å²) in [6, 6.07) is 3.17. The number of hydrogen-bond donors (Lipinski definition) is 3. The number of furan rings is 1. The largest absolute Gasteiger partial charge is 0.463 e. The van der Waals surface area contributed by atoms with E-state index >= 15 is 0 Å². The lowest BCUT2D eigenvalue weighted by atomic mass is 9.74. The van der Waals surface area contributed by atoms with Gasteiger partial charge in [0.15, 0.2) is 12.1 Å². The molecule has 13 nitrogen and oxygen atoms in total. The molecule has 13 heteroatoms. The number of hydrogen-bond acceptors (Lipinski definition) is 13.